The van der Waals surface area contributed by atoms with Gasteiger partial charge < -0.3 is 15.5 Å². The van der Waals surface area contributed by atoms with Crippen molar-refractivity contribution in [3.8, 4) is 0 Å². The van der Waals surface area contributed by atoms with Crippen LogP contribution in [0.1, 0.15) is 36.0 Å². The number of halogens is 1. The van der Waals surface area contributed by atoms with Gasteiger partial charge in [-0.25, -0.2) is 9.78 Å². The maximum atomic E-state index is 10.8. The highest BCUT2D eigenvalue weighted by Crippen LogP contribution is 2.28. The molecule has 5 nitrogen and oxygen atoms in total. The lowest BCUT2D eigenvalue weighted by atomic mass is 9.86. The Morgan fingerprint density at radius 2 is 2.32 bits per heavy atom. The number of aromatic carboxylic acids is 1. The van der Waals surface area contributed by atoms with Crippen molar-refractivity contribution < 1.29 is 15.0 Å². The summed E-state index contributed by atoms with van der Waals surface area (Å²) in [6.07, 6.45) is 5.30. The summed E-state index contributed by atoms with van der Waals surface area (Å²) in [5, 5.41) is 21.6. The van der Waals surface area contributed by atoms with E-state index in [-0.39, 0.29) is 18.2 Å². The van der Waals surface area contributed by atoms with Crippen LogP contribution in [0.25, 0.3) is 0 Å². The van der Waals surface area contributed by atoms with Gasteiger partial charge in [0.2, 0.25) is 0 Å². The largest absolute Gasteiger partial charge is 0.478 e. The van der Waals surface area contributed by atoms with Crippen LogP contribution in [-0.4, -0.2) is 33.8 Å². The van der Waals surface area contributed by atoms with Crippen molar-refractivity contribution in [3.63, 3.8) is 0 Å². The molecule has 1 saturated carbocycles. The lowest BCUT2D eigenvalue weighted by Crippen LogP contribution is -2.29. The van der Waals surface area contributed by atoms with E-state index in [0.717, 1.165) is 25.7 Å². The maximum absolute atomic E-state index is 10.8. The Kier molecular flexibility index (Phi) is 4.61. The predicted octanol–water partition coefficient (Wildman–Crippen LogP) is 2.40. The Morgan fingerprint density at radius 3 is 2.95 bits per heavy atom. The third-order valence-electron chi connectivity index (χ3n) is 3.47. The third kappa shape index (κ3) is 3.58. The normalized spacial score (nSPS) is 23.1. The highest BCUT2D eigenvalue weighted by Gasteiger charge is 2.22. The Morgan fingerprint density at radius 1 is 1.53 bits per heavy atom. The van der Waals surface area contributed by atoms with E-state index in [2.05, 4.69) is 10.3 Å². The molecule has 0 spiro atoms. The molecule has 1 fully saturated rings. The molecule has 0 bridgehead atoms. The van der Waals surface area contributed by atoms with Crippen LogP contribution in [0.3, 0.4) is 0 Å². The van der Waals surface area contributed by atoms with Gasteiger partial charge in [-0.05, 0) is 31.2 Å². The number of aliphatic hydroxyl groups excluding tert-OH is 1. The first kappa shape index (κ1) is 14.1. The first-order chi connectivity index (χ1) is 9.10. The van der Waals surface area contributed by atoms with E-state index in [1.54, 1.807) is 0 Å². The lowest BCUT2D eigenvalue weighted by Gasteiger charge is -2.29. The number of anilines is 1. The van der Waals surface area contributed by atoms with Crippen LogP contribution >= 0.6 is 11.6 Å². The van der Waals surface area contributed by atoms with Crippen LogP contribution in [0.15, 0.2) is 12.3 Å². The number of aliphatic hydroxyl groups is 1. The van der Waals surface area contributed by atoms with Gasteiger partial charge in [-0.3, -0.25) is 0 Å². The van der Waals surface area contributed by atoms with Gasteiger partial charge in [0.15, 0.2) is 0 Å². The van der Waals surface area contributed by atoms with E-state index in [9.17, 15) is 9.90 Å². The third-order valence-corrected chi connectivity index (χ3v) is 3.76. The average molecular weight is 285 g/mol. The van der Waals surface area contributed by atoms with E-state index in [1.807, 2.05) is 0 Å². The van der Waals surface area contributed by atoms with Crippen LogP contribution in [0.5, 0.6) is 0 Å². The van der Waals surface area contributed by atoms with Gasteiger partial charge in [0.25, 0.3) is 0 Å². The molecule has 0 amide bonds. The van der Waals surface area contributed by atoms with Gasteiger partial charge in [0.05, 0.1) is 10.6 Å². The number of nitrogens with zero attached hydrogens (tertiary/aromatic N) is 1. The summed E-state index contributed by atoms with van der Waals surface area (Å²) in [5.74, 6) is -0.211. The molecular weight excluding hydrogens is 268 g/mol. The smallest absolute Gasteiger partial charge is 0.337 e. The van der Waals surface area contributed by atoms with Crippen molar-refractivity contribution in [2.45, 2.75) is 31.7 Å². The molecular formula is C13H17ClN2O3. The highest BCUT2D eigenvalue weighted by atomic mass is 35.5. The van der Waals surface area contributed by atoms with Crippen molar-refractivity contribution in [1.82, 2.24) is 4.98 Å². The summed E-state index contributed by atoms with van der Waals surface area (Å²) < 4.78 is 0. The molecule has 19 heavy (non-hydrogen) atoms. The quantitative estimate of drug-likeness (QED) is 0.791. The fourth-order valence-corrected chi connectivity index (χ4v) is 2.66. The van der Waals surface area contributed by atoms with Crippen LogP contribution in [0.2, 0.25) is 5.02 Å². The zero-order valence-corrected chi connectivity index (χ0v) is 11.2. The minimum atomic E-state index is -1.04. The molecule has 0 aliphatic heterocycles. The van der Waals surface area contributed by atoms with Crippen molar-refractivity contribution >= 4 is 23.4 Å². The SMILES string of the molecule is O=C(O)c1cnc(N[C@H]2CCC[C@@H](CO)C2)c(Cl)c1. The van der Waals surface area contributed by atoms with E-state index in [0.29, 0.717) is 16.8 Å². The lowest BCUT2D eigenvalue weighted by molar-refractivity contribution is 0.0696. The van der Waals surface area contributed by atoms with Crippen molar-refractivity contribution in [1.29, 1.82) is 0 Å². The number of carboxylic acid groups (broad SMARTS) is 1. The van der Waals surface area contributed by atoms with Gasteiger partial charge in [0, 0.05) is 18.8 Å². The molecule has 104 valence electrons. The Labute approximate surface area is 116 Å². The van der Waals surface area contributed by atoms with Gasteiger partial charge >= 0.3 is 5.97 Å². The van der Waals surface area contributed by atoms with E-state index >= 15 is 0 Å². The standard InChI is InChI=1S/C13H17ClN2O3/c14-11-5-9(13(18)19)6-15-12(11)16-10-3-1-2-8(4-10)7-17/h5-6,8,10,17H,1-4,7H2,(H,15,16)(H,18,19)/t8-,10+/m1/s1. The number of nitrogens with one attached hydrogen (secondary N) is 1. The summed E-state index contributed by atoms with van der Waals surface area (Å²) in [5.41, 5.74) is 0.0763. The molecule has 0 unspecified atom stereocenters. The number of rotatable bonds is 4. The Bertz CT molecular complexity index is 467. The number of hydrogen-bond acceptors (Lipinski definition) is 4. The minimum absolute atomic E-state index is 0.0763. The van der Waals surface area contributed by atoms with Gasteiger partial charge in [0.1, 0.15) is 5.82 Å². The Hall–Kier alpha value is -1.33. The van der Waals surface area contributed by atoms with Gasteiger partial charge in [-0.2, -0.15) is 0 Å². The number of carbonyl (C=O) groups is 1. The summed E-state index contributed by atoms with van der Waals surface area (Å²) in [7, 11) is 0. The zero-order chi connectivity index (χ0) is 13.8. The fraction of sp³-hybridized carbons (Fsp3) is 0.538. The number of pyridine rings is 1. The molecule has 1 aliphatic carbocycles. The molecule has 0 saturated heterocycles. The molecule has 6 heteroatoms. The number of hydrogen-bond donors (Lipinski definition) is 3. The summed E-state index contributed by atoms with van der Waals surface area (Å²) in [4.78, 5) is 14.8. The Balaban J connectivity index is 2.04. The average Bonchev–Trinajstić information content (AvgIpc) is 2.41. The molecule has 1 aromatic rings. The first-order valence-electron chi connectivity index (χ1n) is 6.36. The molecule has 3 N–H and O–H groups in total. The van der Waals surface area contributed by atoms with Gasteiger partial charge in [-0.1, -0.05) is 18.0 Å². The number of aromatic nitrogens is 1. The maximum Gasteiger partial charge on any atom is 0.337 e. The van der Waals surface area contributed by atoms with Gasteiger partial charge in [-0.15, -0.1) is 0 Å². The summed E-state index contributed by atoms with van der Waals surface area (Å²) in [6.45, 7) is 0.206. The topological polar surface area (TPSA) is 82.5 Å². The van der Waals surface area contributed by atoms with Crippen molar-refractivity contribution in [2.75, 3.05) is 11.9 Å². The molecule has 0 radical (unpaired) electrons. The zero-order valence-electron chi connectivity index (χ0n) is 10.5. The van der Waals surface area contributed by atoms with Crippen LogP contribution in [-0.2, 0) is 0 Å². The second-order valence-corrected chi connectivity index (χ2v) is 5.32. The molecule has 1 aromatic heterocycles. The van der Waals surface area contributed by atoms with E-state index in [1.165, 1.54) is 12.3 Å². The van der Waals surface area contributed by atoms with Crippen LogP contribution in [0, 0.1) is 5.92 Å². The highest BCUT2D eigenvalue weighted by molar-refractivity contribution is 6.33. The van der Waals surface area contributed by atoms with E-state index < -0.39 is 5.97 Å². The van der Waals surface area contributed by atoms with Crippen molar-refractivity contribution in [3.05, 3.63) is 22.8 Å². The van der Waals surface area contributed by atoms with Crippen LogP contribution in [0.4, 0.5) is 5.82 Å². The van der Waals surface area contributed by atoms with E-state index in [4.69, 9.17) is 16.7 Å². The molecule has 1 heterocycles. The summed E-state index contributed by atoms with van der Waals surface area (Å²) in [6, 6.07) is 1.62. The second kappa shape index (κ2) is 6.21. The molecule has 2 rings (SSSR count). The van der Waals surface area contributed by atoms with Crippen LogP contribution < -0.4 is 5.32 Å². The fourth-order valence-electron chi connectivity index (χ4n) is 2.44. The summed E-state index contributed by atoms with van der Waals surface area (Å²) >= 11 is 6.03. The minimum Gasteiger partial charge on any atom is -0.478 e. The molecule has 0 aromatic carbocycles. The monoisotopic (exact) mass is 284 g/mol. The first-order valence-corrected chi connectivity index (χ1v) is 6.74. The van der Waals surface area contributed by atoms with Crippen molar-refractivity contribution in [2.24, 2.45) is 5.92 Å². The molecule has 1 aliphatic rings. The molecule has 2 atom stereocenters. The predicted molar refractivity (Wildman–Crippen MR) is 72.7 cm³/mol. The second-order valence-electron chi connectivity index (χ2n) is 4.92. The number of carboxylic acids is 1.